The molecule has 2 aromatic rings. The zero-order valence-electron chi connectivity index (χ0n) is 14.7. The molecule has 1 saturated heterocycles. The largest absolute Gasteiger partial charge is 0.361 e. The Morgan fingerprint density at radius 3 is 2.84 bits per heavy atom. The number of likely N-dealkylation sites (tertiary alicyclic amines) is 1. The van der Waals surface area contributed by atoms with Crippen LogP contribution in [0.25, 0.3) is 0 Å². The number of carbonyl (C=O) groups is 2. The van der Waals surface area contributed by atoms with Crippen molar-refractivity contribution < 1.29 is 14.1 Å². The van der Waals surface area contributed by atoms with Gasteiger partial charge < -0.3 is 14.7 Å². The Bertz CT molecular complexity index is 780. The quantitative estimate of drug-likeness (QED) is 0.921. The number of aromatic nitrogens is 2. The molecule has 0 bridgehead atoms. The number of rotatable bonds is 4. The third kappa shape index (κ3) is 3.55. The van der Waals surface area contributed by atoms with Crippen LogP contribution in [0.1, 0.15) is 59.0 Å². The summed E-state index contributed by atoms with van der Waals surface area (Å²) >= 11 is 0. The Hall–Kier alpha value is -2.70. The van der Waals surface area contributed by atoms with E-state index in [0.717, 1.165) is 24.2 Å². The van der Waals surface area contributed by atoms with E-state index in [1.807, 2.05) is 23.1 Å². The van der Waals surface area contributed by atoms with Crippen LogP contribution in [0.4, 0.5) is 0 Å². The first-order valence-electron chi connectivity index (χ1n) is 8.41. The highest BCUT2D eigenvalue weighted by atomic mass is 16.5. The molecule has 1 atom stereocenters. The molecule has 0 radical (unpaired) electrons. The molecule has 2 aromatic heterocycles. The molecule has 7 nitrogen and oxygen atoms in total. The van der Waals surface area contributed by atoms with Gasteiger partial charge in [-0.15, -0.1) is 0 Å². The fraction of sp³-hybridized carbons (Fsp3) is 0.444. The number of amides is 2. The molecule has 3 heterocycles. The van der Waals surface area contributed by atoms with E-state index in [2.05, 4.69) is 15.5 Å². The number of carbonyl (C=O) groups excluding carboxylic acids is 2. The molecule has 0 unspecified atom stereocenters. The highest BCUT2D eigenvalue weighted by Crippen LogP contribution is 2.33. The normalized spacial score (nSPS) is 16.9. The summed E-state index contributed by atoms with van der Waals surface area (Å²) in [6.07, 6.45) is 1.79. The van der Waals surface area contributed by atoms with E-state index in [-0.39, 0.29) is 17.9 Å². The number of nitrogens with zero attached hydrogens (tertiary/aromatic N) is 3. The minimum Gasteiger partial charge on any atom is -0.361 e. The first-order valence-corrected chi connectivity index (χ1v) is 8.41. The second-order valence-corrected chi connectivity index (χ2v) is 6.32. The smallest absolute Gasteiger partial charge is 0.259 e. The lowest BCUT2D eigenvalue weighted by Gasteiger charge is -2.24. The second kappa shape index (κ2) is 7.04. The molecule has 132 valence electrons. The van der Waals surface area contributed by atoms with Gasteiger partial charge in [0.05, 0.1) is 29.7 Å². The van der Waals surface area contributed by atoms with Gasteiger partial charge in [-0.25, -0.2) is 0 Å². The predicted octanol–water partition coefficient (Wildman–Crippen LogP) is 2.30. The molecule has 0 aliphatic carbocycles. The van der Waals surface area contributed by atoms with Crippen LogP contribution in [0.5, 0.6) is 0 Å². The average molecular weight is 342 g/mol. The van der Waals surface area contributed by atoms with E-state index in [1.165, 1.54) is 6.92 Å². The lowest BCUT2D eigenvalue weighted by Crippen LogP contribution is -2.32. The van der Waals surface area contributed by atoms with Crippen LogP contribution in [0.15, 0.2) is 22.7 Å². The molecule has 0 aromatic carbocycles. The van der Waals surface area contributed by atoms with Crippen LogP contribution in [0.3, 0.4) is 0 Å². The minimum atomic E-state index is -0.0942. The van der Waals surface area contributed by atoms with Crippen LogP contribution in [0.2, 0.25) is 0 Å². The van der Waals surface area contributed by atoms with E-state index < -0.39 is 0 Å². The Morgan fingerprint density at radius 1 is 1.36 bits per heavy atom. The standard InChI is InChI=1S/C18H22N4O3/c1-11-17(12(2)25-21-11)18(24)22-9-5-8-16(22)15-7-4-6-14(20-15)10-19-13(3)23/h4,6-7,16H,5,8-10H2,1-3H3,(H,19,23)/t16-/m1/s1. The summed E-state index contributed by atoms with van der Waals surface area (Å²) in [4.78, 5) is 30.5. The van der Waals surface area contributed by atoms with E-state index in [9.17, 15) is 9.59 Å². The Kier molecular flexibility index (Phi) is 4.83. The van der Waals surface area contributed by atoms with Crippen molar-refractivity contribution in [1.29, 1.82) is 0 Å². The molecule has 1 aliphatic heterocycles. The maximum absolute atomic E-state index is 13.0. The van der Waals surface area contributed by atoms with Gasteiger partial charge in [0.2, 0.25) is 5.91 Å². The Labute approximate surface area is 146 Å². The zero-order valence-corrected chi connectivity index (χ0v) is 14.7. The molecule has 3 rings (SSSR count). The van der Waals surface area contributed by atoms with Crippen molar-refractivity contribution in [2.24, 2.45) is 0 Å². The predicted molar refractivity (Wildman–Crippen MR) is 90.7 cm³/mol. The Balaban J connectivity index is 1.83. The molecule has 1 N–H and O–H groups in total. The van der Waals surface area contributed by atoms with Crippen LogP contribution in [-0.4, -0.2) is 33.4 Å². The van der Waals surface area contributed by atoms with Crippen molar-refractivity contribution in [3.63, 3.8) is 0 Å². The third-order valence-corrected chi connectivity index (χ3v) is 4.45. The molecule has 0 spiro atoms. The van der Waals surface area contributed by atoms with Gasteiger partial charge in [0.1, 0.15) is 11.3 Å². The summed E-state index contributed by atoms with van der Waals surface area (Å²) in [5, 5.41) is 6.63. The highest BCUT2D eigenvalue weighted by molar-refractivity contribution is 5.96. The van der Waals surface area contributed by atoms with Gasteiger partial charge in [0.25, 0.3) is 5.91 Å². The fourth-order valence-corrected chi connectivity index (χ4v) is 3.25. The van der Waals surface area contributed by atoms with Crippen LogP contribution < -0.4 is 5.32 Å². The van der Waals surface area contributed by atoms with Crippen molar-refractivity contribution in [3.8, 4) is 0 Å². The molecular weight excluding hydrogens is 320 g/mol. The molecule has 1 fully saturated rings. The molecule has 25 heavy (non-hydrogen) atoms. The van der Waals surface area contributed by atoms with Gasteiger partial charge in [-0.1, -0.05) is 11.2 Å². The van der Waals surface area contributed by atoms with Crippen LogP contribution in [-0.2, 0) is 11.3 Å². The topological polar surface area (TPSA) is 88.3 Å². The molecular formula is C18H22N4O3. The van der Waals surface area contributed by atoms with Crippen LogP contribution >= 0.6 is 0 Å². The highest BCUT2D eigenvalue weighted by Gasteiger charge is 2.34. The minimum absolute atomic E-state index is 0.0622. The van der Waals surface area contributed by atoms with E-state index in [4.69, 9.17) is 4.52 Å². The Morgan fingerprint density at radius 2 is 2.16 bits per heavy atom. The summed E-state index contributed by atoms with van der Waals surface area (Å²) < 4.78 is 5.14. The molecule has 7 heteroatoms. The van der Waals surface area contributed by atoms with Gasteiger partial charge in [-0.2, -0.15) is 0 Å². The molecule has 0 saturated carbocycles. The summed E-state index contributed by atoms with van der Waals surface area (Å²) in [6.45, 7) is 6.08. The number of hydrogen-bond donors (Lipinski definition) is 1. The second-order valence-electron chi connectivity index (χ2n) is 6.32. The van der Waals surface area contributed by atoms with E-state index in [1.54, 1.807) is 13.8 Å². The zero-order chi connectivity index (χ0) is 18.0. The van der Waals surface area contributed by atoms with Crippen molar-refractivity contribution in [2.75, 3.05) is 6.54 Å². The summed E-state index contributed by atoms with van der Waals surface area (Å²) in [6, 6.07) is 5.64. The third-order valence-electron chi connectivity index (χ3n) is 4.45. The van der Waals surface area contributed by atoms with Gasteiger partial charge in [0.15, 0.2) is 0 Å². The number of pyridine rings is 1. The number of aryl methyl sites for hydroxylation is 2. The van der Waals surface area contributed by atoms with Gasteiger partial charge in [-0.05, 0) is 38.8 Å². The van der Waals surface area contributed by atoms with Gasteiger partial charge in [-0.3, -0.25) is 14.6 Å². The lowest BCUT2D eigenvalue weighted by atomic mass is 10.1. The maximum atomic E-state index is 13.0. The van der Waals surface area contributed by atoms with Crippen molar-refractivity contribution in [2.45, 2.75) is 46.2 Å². The summed E-state index contributed by atoms with van der Waals surface area (Å²) in [7, 11) is 0. The lowest BCUT2D eigenvalue weighted by molar-refractivity contribution is -0.119. The first kappa shape index (κ1) is 17.1. The number of hydrogen-bond acceptors (Lipinski definition) is 5. The molecule has 2 amide bonds. The van der Waals surface area contributed by atoms with Gasteiger partial charge in [0, 0.05) is 13.5 Å². The van der Waals surface area contributed by atoms with Crippen molar-refractivity contribution in [3.05, 3.63) is 46.6 Å². The average Bonchev–Trinajstić information content (AvgIpc) is 3.20. The monoisotopic (exact) mass is 342 g/mol. The van der Waals surface area contributed by atoms with Crippen LogP contribution in [0, 0.1) is 13.8 Å². The van der Waals surface area contributed by atoms with E-state index in [0.29, 0.717) is 30.1 Å². The fourth-order valence-electron chi connectivity index (χ4n) is 3.25. The summed E-state index contributed by atoms with van der Waals surface area (Å²) in [5.41, 5.74) is 2.78. The summed E-state index contributed by atoms with van der Waals surface area (Å²) in [5.74, 6) is 0.386. The SMILES string of the molecule is CC(=O)NCc1cccc([C@H]2CCCN2C(=O)c2c(C)noc2C)n1. The van der Waals surface area contributed by atoms with E-state index >= 15 is 0 Å². The molecule has 1 aliphatic rings. The maximum Gasteiger partial charge on any atom is 0.259 e. The number of nitrogens with one attached hydrogen (secondary N) is 1. The van der Waals surface area contributed by atoms with Gasteiger partial charge >= 0.3 is 0 Å². The van der Waals surface area contributed by atoms with Crippen molar-refractivity contribution >= 4 is 11.8 Å². The van der Waals surface area contributed by atoms with Crippen molar-refractivity contribution in [1.82, 2.24) is 20.4 Å². The first-order chi connectivity index (χ1) is 12.0.